The van der Waals surface area contributed by atoms with E-state index in [-0.39, 0.29) is 29.4 Å². The van der Waals surface area contributed by atoms with Crippen LogP contribution in [0, 0.1) is 0 Å². The number of halogens is 1. The van der Waals surface area contributed by atoms with Crippen molar-refractivity contribution in [3.63, 3.8) is 0 Å². The minimum atomic E-state index is -1.23. The highest BCUT2D eigenvalue weighted by Crippen LogP contribution is 2.23. The molecular weight excluding hydrogens is 262 g/mol. The summed E-state index contributed by atoms with van der Waals surface area (Å²) in [5.41, 5.74) is 0.127. The van der Waals surface area contributed by atoms with Gasteiger partial charge in [0.1, 0.15) is 11.8 Å². The number of aliphatic carboxylic acids is 1. The largest absolute Gasteiger partial charge is 0.506 e. The van der Waals surface area contributed by atoms with E-state index in [9.17, 15) is 14.7 Å². The maximum absolute atomic E-state index is 11.7. The van der Waals surface area contributed by atoms with Crippen LogP contribution >= 0.6 is 11.6 Å². The molecule has 0 aromatic heterocycles. The molecule has 1 aromatic rings. The van der Waals surface area contributed by atoms with Crippen molar-refractivity contribution < 1.29 is 24.9 Å². The molecule has 0 aliphatic rings. The second-order valence-electron chi connectivity index (χ2n) is 3.54. The van der Waals surface area contributed by atoms with Crippen molar-refractivity contribution in [1.29, 1.82) is 0 Å². The number of aliphatic hydroxyl groups is 1. The van der Waals surface area contributed by atoms with Crippen molar-refractivity contribution >= 4 is 23.5 Å². The van der Waals surface area contributed by atoms with Crippen molar-refractivity contribution in [2.45, 2.75) is 12.5 Å². The summed E-state index contributed by atoms with van der Waals surface area (Å²) in [5, 5.41) is 28.9. The van der Waals surface area contributed by atoms with E-state index in [4.69, 9.17) is 21.8 Å². The first-order valence-electron chi connectivity index (χ1n) is 5.08. The molecule has 6 nitrogen and oxygen atoms in total. The fourth-order valence-electron chi connectivity index (χ4n) is 1.28. The first-order chi connectivity index (χ1) is 8.45. The second kappa shape index (κ2) is 6.23. The summed E-state index contributed by atoms with van der Waals surface area (Å²) in [4.78, 5) is 22.5. The van der Waals surface area contributed by atoms with Gasteiger partial charge in [-0.15, -0.1) is 0 Å². The zero-order valence-electron chi connectivity index (χ0n) is 9.26. The number of amides is 1. The Hall–Kier alpha value is -1.79. The summed E-state index contributed by atoms with van der Waals surface area (Å²) < 4.78 is 0. The highest BCUT2D eigenvalue weighted by Gasteiger charge is 2.20. The number of phenolic OH excluding ortho intramolecular Hbond substituents is 1. The molecule has 1 aromatic carbocycles. The minimum absolute atomic E-state index is 0.00307. The number of rotatable bonds is 5. The zero-order chi connectivity index (χ0) is 13.7. The normalized spacial score (nSPS) is 11.9. The molecule has 0 unspecified atom stereocenters. The third kappa shape index (κ3) is 3.61. The van der Waals surface area contributed by atoms with E-state index in [1.54, 1.807) is 0 Å². The SMILES string of the molecule is O=C(N[C@@H](CCO)C(=O)O)c1ccc(O)c(Cl)c1. The standard InChI is InChI=1S/C11H12ClNO5/c12-7-5-6(1-2-9(7)15)10(16)13-8(3-4-14)11(17)18/h1-2,5,8,14-15H,3-4H2,(H,13,16)(H,17,18)/t8-/m0/s1. The highest BCUT2D eigenvalue weighted by atomic mass is 35.5. The number of carboxylic acid groups (broad SMARTS) is 1. The Kier molecular flexibility index (Phi) is 4.94. The van der Waals surface area contributed by atoms with E-state index in [0.717, 1.165) is 0 Å². The van der Waals surface area contributed by atoms with Crippen LogP contribution in [0.15, 0.2) is 18.2 Å². The number of aromatic hydroxyl groups is 1. The monoisotopic (exact) mass is 273 g/mol. The summed E-state index contributed by atoms with van der Waals surface area (Å²) in [6.45, 7) is -0.354. The van der Waals surface area contributed by atoms with Crippen molar-refractivity contribution in [1.82, 2.24) is 5.32 Å². The predicted octanol–water partition coefficient (Wildman–Crippen LogP) is 0.611. The van der Waals surface area contributed by atoms with Crippen molar-refractivity contribution in [2.24, 2.45) is 0 Å². The van der Waals surface area contributed by atoms with Gasteiger partial charge in [-0.25, -0.2) is 4.79 Å². The van der Waals surface area contributed by atoms with Gasteiger partial charge >= 0.3 is 5.97 Å². The maximum Gasteiger partial charge on any atom is 0.326 e. The fourth-order valence-corrected chi connectivity index (χ4v) is 1.46. The van der Waals surface area contributed by atoms with Crippen molar-refractivity contribution in [2.75, 3.05) is 6.61 Å². The lowest BCUT2D eigenvalue weighted by Gasteiger charge is -2.13. The van der Waals surface area contributed by atoms with Crippen LogP contribution < -0.4 is 5.32 Å². The summed E-state index contributed by atoms with van der Waals surface area (Å²) in [5.74, 6) is -2.04. The smallest absolute Gasteiger partial charge is 0.326 e. The number of carbonyl (C=O) groups is 2. The third-order valence-corrected chi connectivity index (χ3v) is 2.53. The number of aliphatic hydroxyl groups excluding tert-OH is 1. The number of hydrogen-bond acceptors (Lipinski definition) is 4. The second-order valence-corrected chi connectivity index (χ2v) is 3.95. The molecular formula is C11H12ClNO5. The number of phenols is 1. The first-order valence-corrected chi connectivity index (χ1v) is 5.46. The number of carbonyl (C=O) groups excluding carboxylic acids is 1. The third-order valence-electron chi connectivity index (χ3n) is 2.23. The van der Waals surface area contributed by atoms with E-state index in [1.807, 2.05) is 0 Å². The van der Waals surface area contributed by atoms with Crippen LogP contribution in [0.2, 0.25) is 5.02 Å². The van der Waals surface area contributed by atoms with Crippen LogP contribution in [0.4, 0.5) is 0 Å². The first kappa shape index (κ1) is 14.3. The molecule has 0 saturated heterocycles. The van der Waals surface area contributed by atoms with Crippen LogP contribution in [0.3, 0.4) is 0 Å². The average molecular weight is 274 g/mol. The van der Waals surface area contributed by atoms with Gasteiger partial charge in [-0.05, 0) is 18.2 Å². The summed E-state index contributed by atoms with van der Waals surface area (Å²) >= 11 is 5.63. The highest BCUT2D eigenvalue weighted by molar-refractivity contribution is 6.32. The molecule has 0 saturated carbocycles. The van der Waals surface area contributed by atoms with Gasteiger partial charge in [0, 0.05) is 18.6 Å². The van der Waals surface area contributed by atoms with Crippen LogP contribution in [0.1, 0.15) is 16.8 Å². The minimum Gasteiger partial charge on any atom is -0.506 e. The fraction of sp³-hybridized carbons (Fsp3) is 0.273. The molecule has 0 aliphatic heterocycles. The predicted molar refractivity (Wildman–Crippen MR) is 63.7 cm³/mol. The lowest BCUT2D eigenvalue weighted by molar-refractivity contribution is -0.139. The van der Waals surface area contributed by atoms with E-state index in [0.29, 0.717) is 0 Å². The number of carboxylic acids is 1. The van der Waals surface area contributed by atoms with Crippen LogP contribution in [-0.2, 0) is 4.79 Å². The number of hydrogen-bond donors (Lipinski definition) is 4. The molecule has 0 radical (unpaired) electrons. The summed E-state index contributed by atoms with van der Waals surface area (Å²) in [7, 11) is 0. The van der Waals surface area contributed by atoms with Crippen LogP contribution in [0.5, 0.6) is 5.75 Å². The molecule has 1 atom stereocenters. The average Bonchev–Trinajstić information content (AvgIpc) is 2.31. The van der Waals surface area contributed by atoms with Gasteiger partial charge in [0.25, 0.3) is 5.91 Å². The van der Waals surface area contributed by atoms with Gasteiger partial charge in [-0.1, -0.05) is 11.6 Å². The Labute approximate surface area is 108 Å². The molecule has 7 heteroatoms. The van der Waals surface area contributed by atoms with Gasteiger partial charge in [0.2, 0.25) is 0 Å². The Bertz CT molecular complexity index is 463. The lowest BCUT2D eigenvalue weighted by Crippen LogP contribution is -2.41. The van der Waals surface area contributed by atoms with Crippen molar-refractivity contribution in [3.05, 3.63) is 28.8 Å². The van der Waals surface area contributed by atoms with Crippen molar-refractivity contribution in [3.8, 4) is 5.75 Å². The molecule has 0 aliphatic carbocycles. The Morgan fingerprint density at radius 2 is 2.06 bits per heavy atom. The number of benzene rings is 1. The quantitative estimate of drug-likeness (QED) is 0.629. The Morgan fingerprint density at radius 3 is 2.56 bits per heavy atom. The summed E-state index contributed by atoms with van der Waals surface area (Å²) in [6, 6.07) is 2.60. The van der Waals surface area contributed by atoms with Gasteiger partial charge in [0.15, 0.2) is 0 Å². The Balaban J connectivity index is 2.80. The van der Waals surface area contributed by atoms with E-state index in [1.165, 1.54) is 18.2 Å². The Morgan fingerprint density at radius 1 is 1.39 bits per heavy atom. The lowest BCUT2D eigenvalue weighted by atomic mass is 10.1. The molecule has 0 bridgehead atoms. The van der Waals surface area contributed by atoms with Crippen LogP contribution in [-0.4, -0.2) is 39.8 Å². The molecule has 0 heterocycles. The molecule has 98 valence electrons. The zero-order valence-corrected chi connectivity index (χ0v) is 10.0. The summed E-state index contributed by atoms with van der Waals surface area (Å²) in [6.07, 6.45) is -0.0904. The maximum atomic E-state index is 11.7. The van der Waals surface area contributed by atoms with Gasteiger partial charge in [-0.3, -0.25) is 4.79 Å². The van der Waals surface area contributed by atoms with E-state index < -0.39 is 17.9 Å². The van der Waals surface area contributed by atoms with Gasteiger partial charge in [-0.2, -0.15) is 0 Å². The molecule has 1 rings (SSSR count). The molecule has 1 amide bonds. The molecule has 4 N–H and O–H groups in total. The topological polar surface area (TPSA) is 107 Å². The van der Waals surface area contributed by atoms with Gasteiger partial charge in [0.05, 0.1) is 5.02 Å². The molecule has 0 spiro atoms. The van der Waals surface area contributed by atoms with Crippen LogP contribution in [0.25, 0.3) is 0 Å². The molecule has 0 fully saturated rings. The van der Waals surface area contributed by atoms with E-state index >= 15 is 0 Å². The van der Waals surface area contributed by atoms with Gasteiger partial charge < -0.3 is 20.6 Å². The number of nitrogens with one attached hydrogen (secondary N) is 1. The molecule has 18 heavy (non-hydrogen) atoms. The van der Waals surface area contributed by atoms with E-state index in [2.05, 4.69) is 5.32 Å².